The van der Waals surface area contributed by atoms with Crippen molar-refractivity contribution in [2.24, 2.45) is 23.2 Å². The molecule has 7 rings (SSSR count). The molecule has 6 nitrogen and oxygen atoms in total. The van der Waals surface area contributed by atoms with E-state index in [1.54, 1.807) is 7.11 Å². The van der Waals surface area contributed by atoms with E-state index in [0.29, 0.717) is 23.6 Å². The zero-order chi connectivity index (χ0) is 22.6. The standard InChI is InChI=1S/C23H27F3N4O2/c1-4-11(2)30-15(12-5-17(21(27)28-8-12)32-23(24,25)26)7-18(30)22-14-6-16(20(22)19(14)22)29-9-13(10-29)31-3/h5,7-8,11,13-14,16,19-20,27H,4,6,9-10H2,1-3H3/p+1. The molecular formula is C23H28F3N4O2+. The Morgan fingerprint density at radius 2 is 2.09 bits per heavy atom. The van der Waals surface area contributed by atoms with E-state index in [0.717, 1.165) is 37.0 Å². The van der Waals surface area contributed by atoms with Crippen LogP contribution < -0.4 is 10.5 Å². The van der Waals surface area contributed by atoms with E-state index in [9.17, 15) is 13.2 Å². The lowest BCUT2D eigenvalue weighted by Crippen LogP contribution is -2.56. The van der Waals surface area contributed by atoms with Crippen LogP contribution in [0.2, 0.25) is 0 Å². The second-order valence-electron chi connectivity index (χ2n) is 9.90. The quantitative estimate of drug-likeness (QED) is 0.648. The maximum absolute atomic E-state index is 12.8. The molecule has 9 heteroatoms. The minimum atomic E-state index is -4.81. The number of aromatic nitrogens is 1. The second-order valence-corrected chi connectivity index (χ2v) is 9.90. The fraction of sp³-hybridized carbons (Fsp3) is 0.652. The van der Waals surface area contributed by atoms with E-state index >= 15 is 0 Å². The molecular weight excluding hydrogens is 421 g/mol. The number of halogens is 3. The number of methoxy groups -OCH3 is 1. The number of fused-ring (bicyclic) bond motifs is 1. The molecule has 0 amide bonds. The van der Waals surface area contributed by atoms with E-state index in [-0.39, 0.29) is 17.3 Å². The summed E-state index contributed by atoms with van der Waals surface area (Å²) in [5, 5.41) is 0. The highest BCUT2D eigenvalue weighted by Crippen LogP contribution is 2.92. The summed E-state index contributed by atoms with van der Waals surface area (Å²) in [4.78, 5) is 6.54. The number of alkyl halides is 3. The Labute approximate surface area is 184 Å². The number of anilines is 1. The largest absolute Gasteiger partial charge is 0.573 e. The predicted molar refractivity (Wildman–Crippen MR) is 112 cm³/mol. The fourth-order valence-corrected chi connectivity index (χ4v) is 6.81. The average Bonchev–Trinajstić information content (AvgIpc) is 3.38. The predicted octanol–water partition coefficient (Wildman–Crippen LogP) is 3.13. The first kappa shape index (κ1) is 20.5. The minimum Gasteiger partial charge on any atom is -0.402 e. The molecule has 0 aromatic carbocycles. The zero-order valence-corrected chi connectivity index (χ0v) is 18.4. The van der Waals surface area contributed by atoms with Gasteiger partial charge in [0.15, 0.2) is 23.3 Å². The molecule has 2 aliphatic heterocycles. The molecule has 0 radical (unpaired) electrons. The molecule has 6 atom stereocenters. The van der Waals surface area contributed by atoms with Gasteiger partial charge in [0.2, 0.25) is 5.70 Å². The van der Waals surface area contributed by atoms with Gasteiger partial charge in [0.25, 0.3) is 0 Å². The van der Waals surface area contributed by atoms with Crippen molar-refractivity contribution in [3.63, 3.8) is 0 Å². The van der Waals surface area contributed by atoms with Gasteiger partial charge in [-0.3, -0.25) is 4.90 Å². The molecule has 2 N–H and O–H groups in total. The maximum atomic E-state index is 12.8. The topological polar surface area (TPSA) is 63.6 Å². The smallest absolute Gasteiger partial charge is 0.402 e. The molecule has 32 heavy (non-hydrogen) atoms. The van der Waals surface area contributed by atoms with E-state index in [2.05, 4.69) is 39.1 Å². The van der Waals surface area contributed by atoms with Crippen LogP contribution in [-0.4, -0.2) is 64.9 Å². The van der Waals surface area contributed by atoms with Gasteiger partial charge in [-0.05, 0) is 37.2 Å². The number of ether oxygens (including phenoxy) is 2. The SMILES string of the molecule is CCC(C)[N+]1=C(C23C4CC(N5CC(OC)C5)C2C43)C=C1c1cnc(N)c(OC(F)(F)F)c1. The van der Waals surface area contributed by atoms with Crippen LogP contribution in [0.1, 0.15) is 32.3 Å². The van der Waals surface area contributed by atoms with Gasteiger partial charge in [-0.1, -0.05) is 6.92 Å². The second kappa shape index (κ2) is 6.47. The number of rotatable bonds is 7. The summed E-state index contributed by atoms with van der Waals surface area (Å²) in [5.41, 5.74) is 8.78. The number of nitrogens with two attached hydrogens (primary N) is 1. The minimum absolute atomic E-state index is 0.255. The highest BCUT2D eigenvalue weighted by molar-refractivity contribution is 6.11. The van der Waals surface area contributed by atoms with E-state index in [1.165, 1.54) is 24.4 Å². The van der Waals surface area contributed by atoms with Crippen molar-refractivity contribution in [3.05, 3.63) is 23.9 Å². The average molecular weight is 449 g/mol. The van der Waals surface area contributed by atoms with Crippen LogP contribution >= 0.6 is 0 Å². The van der Waals surface area contributed by atoms with Crippen molar-refractivity contribution in [2.45, 2.75) is 51.2 Å². The molecule has 2 bridgehead atoms. The maximum Gasteiger partial charge on any atom is 0.573 e. The van der Waals surface area contributed by atoms with Crippen LogP contribution in [0.3, 0.4) is 0 Å². The molecule has 6 unspecified atom stereocenters. The van der Waals surface area contributed by atoms with Crippen molar-refractivity contribution in [1.82, 2.24) is 9.88 Å². The normalized spacial score (nSPS) is 36.2. The number of pyridine rings is 1. The summed E-state index contributed by atoms with van der Waals surface area (Å²) < 4.78 is 50.2. The van der Waals surface area contributed by atoms with Crippen LogP contribution in [-0.2, 0) is 4.74 Å². The van der Waals surface area contributed by atoms with Crippen molar-refractivity contribution < 1.29 is 27.2 Å². The third kappa shape index (κ3) is 2.61. The van der Waals surface area contributed by atoms with E-state index in [1.807, 2.05) is 0 Å². The zero-order valence-electron chi connectivity index (χ0n) is 18.4. The Balaban J connectivity index is 1.26. The molecule has 172 valence electrons. The number of hydrogen-bond donors (Lipinski definition) is 1. The number of allylic oxidation sites excluding steroid dienone is 1. The summed E-state index contributed by atoms with van der Waals surface area (Å²) >= 11 is 0. The first-order chi connectivity index (χ1) is 15.2. The van der Waals surface area contributed by atoms with E-state index in [4.69, 9.17) is 10.5 Å². The summed E-state index contributed by atoms with van der Waals surface area (Å²) in [7, 11) is 1.78. The van der Waals surface area contributed by atoms with Crippen LogP contribution in [0.4, 0.5) is 19.0 Å². The number of nitrogen functional groups attached to an aromatic ring is 1. The van der Waals surface area contributed by atoms with Gasteiger partial charge in [0, 0.05) is 38.9 Å². The van der Waals surface area contributed by atoms with Crippen molar-refractivity contribution >= 4 is 17.2 Å². The molecule has 1 saturated heterocycles. The van der Waals surface area contributed by atoms with Crippen LogP contribution in [0.15, 0.2) is 18.3 Å². The van der Waals surface area contributed by atoms with Gasteiger partial charge in [0.05, 0.1) is 23.2 Å². The summed E-state index contributed by atoms with van der Waals surface area (Å²) in [6.45, 7) is 6.35. The summed E-state index contributed by atoms with van der Waals surface area (Å²) in [5.74, 6) is 1.50. The van der Waals surface area contributed by atoms with Crippen molar-refractivity contribution in [3.8, 4) is 5.75 Å². The van der Waals surface area contributed by atoms with Gasteiger partial charge < -0.3 is 15.2 Å². The highest BCUT2D eigenvalue weighted by Gasteiger charge is 2.96. The summed E-state index contributed by atoms with van der Waals surface area (Å²) in [6.07, 6.45) is 1.45. The molecule has 1 aromatic rings. The molecule has 4 aliphatic carbocycles. The lowest BCUT2D eigenvalue weighted by atomic mass is 9.91. The van der Waals surface area contributed by atoms with Gasteiger partial charge in [-0.2, -0.15) is 4.58 Å². The van der Waals surface area contributed by atoms with Crippen molar-refractivity contribution in [2.75, 3.05) is 25.9 Å². The van der Waals surface area contributed by atoms with Gasteiger partial charge >= 0.3 is 6.36 Å². The fourth-order valence-electron chi connectivity index (χ4n) is 6.81. The Bertz CT molecular complexity index is 1040. The van der Waals surface area contributed by atoms with Gasteiger partial charge in [-0.25, -0.2) is 4.98 Å². The third-order valence-electron chi connectivity index (χ3n) is 8.58. The molecule has 5 fully saturated rings. The number of hydrogen-bond acceptors (Lipinski definition) is 5. The third-order valence-corrected chi connectivity index (χ3v) is 8.58. The Hall–Kier alpha value is -2.13. The Morgan fingerprint density at radius 1 is 1.34 bits per heavy atom. The van der Waals surface area contributed by atoms with E-state index < -0.39 is 12.1 Å². The first-order valence-corrected chi connectivity index (χ1v) is 11.4. The van der Waals surface area contributed by atoms with Gasteiger partial charge in [0.1, 0.15) is 0 Å². The van der Waals surface area contributed by atoms with Crippen LogP contribution in [0.5, 0.6) is 5.75 Å². The van der Waals surface area contributed by atoms with Gasteiger partial charge in [-0.15, -0.1) is 13.2 Å². The lowest BCUT2D eigenvalue weighted by Gasteiger charge is -2.42. The Kier molecular flexibility index (Phi) is 4.14. The summed E-state index contributed by atoms with van der Waals surface area (Å²) in [6, 6.07) is 2.25. The lowest BCUT2D eigenvalue weighted by molar-refractivity contribution is -0.483. The first-order valence-electron chi connectivity index (χ1n) is 11.4. The Morgan fingerprint density at radius 3 is 2.72 bits per heavy atom. The van der Waals surface area contributed by atoms with Crippen LogP contribution in [0.25, 0.3) is 5.70 Å². The molecule has 0 spiro atoms. The number of likely N-dealkylation sites (tertiary alicyclic amines) is 1. The van der Waals surface area contributed by atoms with Crippen molar-refractivity contribution in [1.29, 1.82) is 0 Å². The molecule has 3 heterocycles. The molecule has 1 aromatic heterocycles. The molecule has 6 aliphatic rings. The monoisotopic (exact) mass is 449 g/mol. The number of nitrogens with zero attached hydrogens (tertiary/aromatic N) is 3. The highest BCUT2D eigenvalue weighted by atomic mass is 19.4. The van der Waals surface area contributed by atoms with Crippen LogP contribution in [0, 0.1) is 23.2 Å². The molecule has 4 saturated carbocycles.